The maximum atomic E-state index is 5.53. The second-order valence-corrected chi connectivity index (χ2v) is 58.2. The molecule has 0 rings (SSSR count). The van der Waals surface area contributed by atoms with Crippen LogP contribution in [0.15, 0.2) is 0 Å². The minimum atomic E-state index is -1.43. The molecule has 31 nitrogen and oxygen atoms in total. The Kier molecular flexibility index (Phi) is 187. The van der Waals surface area contributed by atoms with E-state index in [1.165, 1.54) is 0 Å². The third-order valence-electron chi connectivity index (χ3n) is 18.0. The summed E-state index contributed by atoms with van der Waals surface area (Å²) in [6, 6.07) is 6.82. The van der Waals surface area contributed by atoms with E-state index in [1.54, 1.807) is 49.8 Å². The maximum absolute atomic E-state index is 5.53. The van der Waals surface area contributed by atoms with Gasteiger partial charge in [-0.15, -0.1) is 0 Å². The molecule has 0 aliphatic heterocycles. The largest absolute Gasteiger partial charge is 0.420 e. The van der Waals surface area contributed by atoms with Crippen LogP contribution in [0.3, 0.4) is 0 Å². The van der Waals surface area contributed by atoms with Crippen LogP contribution in [-0.2, 0) is 145 Å². The number of hydrogen-bond acceptors (Lipinski definition) is 31. The first kappa shape index (κ1) is 177. The molecule has 0 bridgehead atoms. The summed E-state index contributed by atoms with van der Waals surface area (Å²) in [5.41, 5.74) is 0. The summed E-state index contributed by atoms with van der Waals surface area (Å²) in [7, 11) is 5.63. The van der Waals surface area contributed by atoms with Gasteiger partial charge in [0.15, 0.2) is 49.9 Å². The molecular weight excluding hydrogens is 1840 g/mol. The molecule has 0 spiro atoms. The second-order valence-electron chi connectivity index (χ2n) is 31.6. The van der Waals surface area contributed by atoms with Crippen LogP contribution in [0, 0.1) is 0 Å². The minimum absolute atomic E-state index is 0. The highest BCUT2D eigenvalue weighted by Gasteiger charge is 2.24. The van der Waals surface area contributed by atoms with Gasteiger partial charge >= 0.3 is 0 Å². The SMILES string of the molecule is C.C.C.C.C.C.C.C.C.C.C.C.CCCOCCOCCOCCC[Si](C)(C)OC.CCCOCCOCCOCCOCCC[Si](C)(C)OC.CCOCCOCCOCCOCCC[Si](C)(C)OC.CCOCCOCCOCCOCCOCCC[Si](C)(C)OC.COCCOCCOCCOCCC[Si](C)(C)OC.COCCOCCOCCOCCOCCC[Si](C)(C)OC. The normalized spacial score (nSPS) is 10.9. The van der Waals surface area contributed by atoms with Crippen molar-refractivity contribution in [1.82, 2.24) is 0 Å². The Bertz CT molecular complexity index is 1920. The van der Waals surface area contributed by atoms with Gasteiger partial charge in [-0.1, -0.05) is 103 Å². The molecule has 0 aromatic carbocycles. The predicted octanol–water partition coefficient (Wildman–Crippen LogP) is 21.5. The third kappa shape index (κ3) is 171. The van der Waals surface area contributed by atoms with E-state index in [9.17, 15) is 0 Å². The summed E-state index contributed by atoms with van der Waals surface area (Å²) in [6.45, 7) is 66.3. The molecule has 0 aliphatic rings. The van der Waals surface area contributed by atoms with Gasteiger partial charge in [0.2, 0.25) is 0 Å². The van der Waals surface area contributed by atoms with Crippen molar-refractivity contribution in [3.05, 3.63) is 0 Å². The third-order valence-corrected chi connectivity index (χ3v) is 34.0. The van der Waals surface area contributed by atoms with Crippen molar-refractivity contribution in [3.8, 4) is 0 Å². The molecule has 0 aromatic rings. The summed E-state index contributed by atoms with van der Waals surface area (Å²) >= 11 is 0. The molecule has 0 aliphatic carbocycles. The molecule has 0 N–H and O–H groups in total. The van der Waals surface area contributed by atoms with E-state index in [-0.39, 0.29) is 89.1 Å². The van der Waals surface area contributed by atoms with Gasteiger partial charge in [-0.05, 0) is 180 Å². The van der Waals surface area contributed by atoms with Crippen LogP contribution in [0.25, 0.3) is 0 Å². The van der Waals surface area contributed by atoms with E-state index in [2.05, 4.69) is 92.4 Å². The van der Waals surface area contributed by atoms with Crippen molar-refractivity contribution in [2.75, 3.05) is 374 Å². The topological polar surface area (TPSA) is 286 Å². The Labute approximate surface area is 847 Å². The lowest BCUT2D eigenvalue weighted by Crippen LogP contribution is -2.28. The van der Waals surface area contributed by atoms with Gasteiger partial charge < -0.3 is 145 Å². The second kappa shape index (κ2) is 143. The highest BCUT2D eigenvalue weighted by molar-refractivity contribution is 6.72. The molecule has 0 radical (unpaired) electrons. The fourth-order valence-corrected chi connectivity index (χ4v) is 16.4. The summed E-state index contributed by atoms with van der Waals surface area (Å²) < 4.78 is 166. The van der Waals surface area contributed by atoms with Gasteiger partial charge in [-0.2, -0.15) is 0 Å². The van der Waals surface area contributed by atoms with Crippen LogP contribution in [0.2, 0.25) is 115 Å². The van der Waals surface area contributed by atoms with E-state index in [1.807, 2.05) is 21.0 Å². The summed E-state index contributed by atoms with van der Waals surface area (Å²) in [5.74, 6) is 0. The van der Waals surface area contributed by atoms with Gasteiger partial charge in [-0.25, -0.2) is 0 Å². The summed E-state index contributed by atoms with van der Waals surface area (Å²) in [6.07, 6.45) is 8.48. The average molecular weight is 2090 g/mol. The molecule has 0 heterocycles. The first-order valence-corrected chi connectivity index (χ1v) is 64.5. The molecule has 0 saturated carbocycles. The van der Waals surface area contributed by atoms with Gasteiger partial charge in [-0.3, -0.25) is 0 Å². The van der Waals surface area contributed by atoms with Crippen molar-refractivity contribution in [2.45, 2.75) is 283 Å². The van der Waals surface area contributed by atoms with Crippen LogP contribution in [-0.4, -0.2) is 424 Å². The molecule has 0 aromatic heterocycles. The van der Waals surface area contributed by atoms with Crippen LogP contribution in [0.4, 0.5) is 0 Å². The molecule has 0 unspecified atom stereocenters. The number of rotatable bonds is 93. The molecule has 846 valence electrons. The standard InChI is InChI=1S/C16H36O6Si.C15H34O6Si.C15H34O5Si.C14H32O5Si.C13H30O5Si.C13H30O4Si.12CH4/c1-5-18-8-9-20-12-13-22-15-14-21-11-10-19-7-6-16-23(3,4)17-2;1-16-7-8-19-11-12-21-14-13-20-10-9-18-6-5-15-22(3,4)17-2;1-5-7-17-9-11-19-13-14-20-12-10-18-8-6-15-21(3,4)16-2;1-5-16-8-9-18-12-13-19-11-10-17-7-6-14-20(3,4)15-2;1-14-7-8-17-11-12-18-10-9-16-6-5-13-19(3,4)15-2;1-5-7-15-9-11-17-12-10-16-8-6-13-18(3,4)14-2;;;;;;;;;;;;/h5-16H2,1-4H3;5-15H2,1-4H3;5-15H2,1-4H3;5-14H2,1-4H3;5-13H2,1-4H3;5-13H2,1-4H3;12*1H4. The maximum Gasteiger partial charge on any atom is 0.186 e. The van der Waals surface area contributed by atoms with Crippen LogP contribution in [0.1, 0.15) is 168 Å². The zero-order valence-corrected chi connectivity index (χ0v) is 89.5. The predicted molar refractivity (Wildman–Crippen MR) is 589 cm³/mol. The number of methoxy groups -OCH3 is 2. The van der Waals surface area contributed by atoms with E-state index in [4.69, 9.17) is 145 Å². The molecule has 0 amide bonds. The minimum Gasteiger partial charge on any atom is -0.420 e. The van der Waals surface area contributed by atoms with Gasteiger partial charge in [0, 0.05) is 123 Å². The van der Waals surface area contributed by atoms with E-state index < -0.39 is 49.9 Å². The zero-order valence-electron chi connectivity index (χ0n) is 83.5. The van der Waals surface area contributed by atoms with Crippen molar-refractivity contribution in [1.29, 1.82) is 0 Å². The Morgan fingerprint density at radius 3 is 0.319 bits per heavy atom. The zero-order chi connectivity index (χ0) is 92.8. The highest BCUT2D eigenvalue weighted by Crippen LogP contribution is 2.17. The van der Waals surface area contributed by atoms with Crippen molar-refractivity contribution < 1.29 is 145 Å². The van der Waals surface area contributed by atoms with Crippen LogP contribution >= 0.6 is 0 Å². The van der Waals surface area contributed by atoms with E-state index in [0.29, 0.717) is 251 Å². The van der Waals surface area contributed by atoms with E-state index >= 15 is 0 Å². The number of ether oxygens (including phenoxy) is 25. The molecule has 0 fully saturated rings. The lowest BCUT2D eigenvalue weighted by atomic mass is 10.5. The lowest BCUT2D eigenvalue weighted by molar-refractivity contribution is -0.0102. The van der Waals surface area contributed by atoms with E-state index in [0.717, 1.165) is 154 Å². The Balaban J connectivity index is -0.0000000748. The molecule has 37 heteroatoms. The fourth-order valence-electron chi connectivity index (χ4n) is 9.22. The Morgan fingerprint density at radius 2 is 0.222 bits per heavy atom. The fraction of sp³-hybridized carbons (Fsp3) is 1.00. The number of hydrogen-bond donors (Lipinski definition) is 0. The average Bonchev–Trinajstić information content (AvgIpc) is 0.986. The molecular formula is C98H244O31Si6. The summed E-state index contributed by atoms with van der Waals surface area (Å²) in [4.78, 5) is 0. The first-order chi connectivity index (χ1) is 59.2. The molecule has 0 saturated heterocycles. The van der Waals surface area contributed by atoms with Gasteiger partial charge in [0.25, 0.3) is 0 Å². The quantitative estimate of drug-likeness (QED) is 0.0404. The van der Waals surface area contributed by atoms with Gasteiger partial charge in [0.1, 0.15) is 0 Å². The van der Waals surface area contributed by atoms with Crippen LogP contribution in [0.5, 0.6) is 0 Å². The Hall–Kier alpha value is 0.0613. The summed E-state index contributed by atoms with van der Waals surface area (Å²) in [5, 5.41) is 0. The highest BCUT2D eigenvalue weighted by atomic mass is 28.4. The first-order valence-electron chi connectivity index (χ1n) is 45.8. The van der Waals surface area contributed by atoms with Crippen molar-refractivity contribution in [3.63, 3.8) is 0 Å². The van der Waals surface area contributed by atoms with Crippen molar-refractivity contribution in [2.24, 2.45) is 0 Å². The smallest absolute Gasteiger partial charge is 0.186 e. The van der Waals surface area contributed by atoms with Gasteiger partial charge in [0.05, 0.1) is 251 Å². The van der Waals surface area contributed by atoms with Crippen LogP contribution < -0.4 is 0 Å². The Morgan fingerprint density at radius 1 is 0.126 bits per heavy atom. The van der Waals surface area contributed by atoms with Crippen molar-refractivity contribution >= 4 is 49.9 Å². The lowest BCUT2D eigenvalue weighted by Gasteiger charge is -2.19. The monoisotopic (exact) mass is 2090 g/mol. The molecule has 135 heavy (non-hydrogen) atoms. The molecule has 0 atom stereocenters.